The minimum absolute atomic E-state index is 0.101. The van der Waals surface area contributed by atoms with Gasteiger partial charge in [-0.2, -0.15) is 0 Å². The number of carbonyl (C=O) groups is 1. The molecular weight excluding hydrogens is 494 g/mol. The summed E-state index contributed by atoms with van der Waals surface area (Å²) in [6.45, 7) is 3.40. The second kappa shape index (κ2) is 9.69. The van der Waals surface area contributed by atoms with Crippen LogP contribution >= 0.6 is 22.9 Å². The van der Waals surface area contributed by atoms with Crippen molar-refractivity contribution in [3.8, 4) is 5.75 Å². The predicted molar refractivity (Wildman–Crippen MR) is 135 cm³/mol. The molecule has 4 aromatic rings. The van der Waals surface area contributed by atoms with E-state index in [9.17, 15) is 13.2 Å². The maximum Gasteiger partial charge on any atom is 0.260 e. The smallest absolute Gasteiger partial charge is 0.260 e. The van der Waals surface area contributed by atoms with Crippen molar-refractivity contribution in [1.82, 2.24) is 9.97 Å². The number of amides is 1. The standard InChI is InChI=1S/C24H22ClN3O4S2/c1-15(2)34(30,31)18-8-4-7-17(12-18)23(29)28(14-16-6-5-11-26-13-16)24-27-21-20(32-3)10-9-19(25)22(21)33-24/h4-13,15H,14H2,1-3H3. The van der Waals surface area contributed by atoms with Crippen LogP contribution in [0.25, 0.3) is 10.2 Å². The van der Waals surface area contributed by atoms with Crippen molar-refractivity contribution < 1.29 is 17.9 Å². The highest BCUT2D eigenvalue weighted by atomic mass is 35.5. The number of hydrogen-bond acceptors (Lipinski definition) is 7. The van der Waals surface area contributed by atoms with E-state index in [0.29, 0.717) is 26.1 Å². The highest BCUT2D eigenvalue weighted by Gasteiger charge is 2.26. The highest BCUT2D eigenvalue weighted by Crippen LogP contribution is 2.39. The second-order valence-corrected chi connectivity index (χ2v) is 11.7. The molecule has 176 valence electrons. The third-order valence-corrected chi connectivity index (χ3v) is 8.93. The van der Waals surface area contributed by atoms with Gasteiger partial charge in [0.05, 0.1) is 33.5 Å². The van der Waals surface area contributed by atoms with Crippen LogP contribution in [0.1, 0.15) is 29.8 Å². The zero-order valence-electron chi connectivity index (χ0n) is 18.7. The molecule has 10 heteroatoms. The Kier molecular flexibility index (Phi) is 6.88. The number of methoxy groups -OCH3 is 1. The minimum Gasteiger partial charge on any atom is -0.494 e. The first-order valence-corrected chi connectivity index (χ1v) is 13.1. The molecule has 0 radical (unpaired) electrons. The average molecular weight is 516 g/mol. The Morgan fingerprint density at radius 1 is 1.18 bits per heavy atom. The van der Waals surface area contributed by atoms with Crippen LogP contribution in [-0.4, -0.2) is 36.7 Å². The predicted octanol–water partition coefficient (Wildman–Crippen LogP) is 5.38. The number of thiazole rings is 1. The Hall–Kier alpha value is -3.01. The van der Waals surface area contributed by atoms with Gasteiger partial charge in [-0.1, -0.05) is 35.1 Å². The molecule has 0 fully saturated rings. The van der Waals surface area contributed by atoms with Crippen molar-refractivity contribution >= 4 is 54.0 Å². The third-order valence-electron chi connectivity index (χ3n) is 5.24. The monoisotopic (exact) mass is 515 g/mol. The molecule has 0 N–H and O–H groups in total. The van der Waals surface area contributed by atoms with Crippen LogP contribution in [0.2, 0.25) is 5.02 Å². The van der Waals surface area contributed by atoms with E-state index in [-0.39, 0.29) is 22.9 Å². The summed E-state index contributed by atoms with van der Waals surface area (Å²) < 4.78 is 31.5. The summed E-state index contributed by atoms with van der Waals surface area (Å²) in [5.74, 6) is 0.152. The van der Waals surface area contributed by atoms with Gasteiger partial charge < -0.3 is 4.74 Å². The topological polar surface area (TPSA) is 89.5 Å². The molecule has 0 saturated heterocycles. The maximum absolute atomic E-state index is 13.7. The molecule has 7 nitrogen and oxygen atoms in total. The molecule has 0 aliphatic carbocycles. The molecule has 2 aromatic carbocycles. The molecule has 0 aliphatic rings. The minimum atomic E-state index is -3.55. The summed E-state index contributed by atoms with van der Waals surface area (Å²) in [6.07, 6.45) is 3.32. The van der Waals surface area contributed by atoms with Crippen molar-refractivity contribution in [1.29, 1.82) is 0 Å². The normalized spacial score (nSPS) is 11.7. The van der Waals surface area contributed by atoms with Gasteiger partial charge in [0.15, 0.2) is 15.0 Å². The number of hydrogen-bond donors (Lipinski definition) is 0. The number of halogens is 1. The molecule has 2 aromatic heterocycles. The molecule has 0 saturated carbocycles. The highest BCUT2D eigenvalue weighted by molar-refractivity contribution is 7.92. The third kappa shape index (κ3) is 4.64. The van der Waals surface area contributed by atoms with Crippen molar-refractivity contribution in [2.24, 2.45) is 0 Å². The van der Waals surface area contributed by atoms with Gasteiger partial charge in [-0.15, -0.1) is 0 Å². The first-order valence-electron chi connectivity index (χ1n) is 10.4. The van der Waals surface area contributed by atoms with Gasteiger partial charge in [0.2, 0.25) is 0 Å². The Labute approximate surface area is 206 Å². The quantitative estimate of drug-likeness (QED) is 0.328. The van der Waals surface area contributed by atoms with Gasteiger partial charge in [-0.3, -0.25) is 14.7 Å². The lowest BCUT2D eigenvalue weighted by molar-refractivity contribution is 0.0985. The van der Waals surface area contributed by atoms with Crippen molar-refractivity contribution in [3.63, 3.8) is 0 Å². The number of nitrogens with zero attached hydrogens (tertiary/aromatic N) is 3. The number of aromatic nitrogens is 2. The van der Waals surface area contributed by atoms with E-state index in [0.717, 1.165) is 5.56 Å². The van der Waals surface area contributed by atoms with Crippen LogP contribution in [0.5, 0.6) is 5.75 Å². The lowest BCUT2D eigenvalue weighted by Crippen LogP contribution is -2.30. The number of anilines is 1. The Morgan fingerprint density at radius 3 is 2.65 bits per heavy atom. The Morgan fingerprint density at radius 2 is 1.97 bits per heavy atom. The fraction of sp³-hybridized carbons (Fsp3) is 0.208. The zero-order chi connectivity index (χ0) is 24.5. The van der Waals surface area contributed by atoms with E-state index in [1.807, 2.05) is 6.07 Å². The molecule has 2 heterocycles. The van der Waals surface area contributed by atoms with Gasteiger partial charge in [-0.25, -0.2) is 13.4 Å². The lowest BCUT2D eigenvalue weighted by atomic mass is 10.2. The van der Waals surface area contributed by atoms with Crippen molar-refractivity contribution in [2.75, 3.05) is 12.0 Å². The summed E-state index contributed by atoms with van der Waals surface area (Å²) in [5, 5.41) is 0.300. The summed E-state index contributed by atoms with van der Waals surface area (Å²) in [5.41, 5.74) is 1.58. The van der Waals surface area contributed by atoms with Crippen LogP contribution in [0.15, 0.2) is 65.8 Å². The van der Waals surface area contributed by atoms with E-state index < -0.39 is 15.1 Å². The first kappa shape index (κ1) is 24.1. The molecule has 1 amide bonds. The van der Waals surface area contributed by atoms with Crippen LogP contribution in [0, 0.1) is 0 Å². The number of ether oxygens (including phenoxy) is 1. The van der Waals surface area contributed by atoms with Gasteiger partial charge in [0.25, 0.3) is 5.91 Å². The largest absolute Gasteiger partial charge is 0.494 e. The molecule has 0 spiro atoms. The van der Waals surface area contributed by atoms with Crippen molar-refractivity contribution in [3.05, 3.63) is 77.1 Å². The van der Waals surface area contributed by atoms with E-state index in [2.05, 4.69) is 9.97 Å². The van der Waals surface area contributed by atoms with Crippen molar-refractivity contribution in [2.45, 2.75) is 30.5 Å². The van der Waals surface area contributed by atoms with E-state index in [4.69, 9.17) is 16.3 Å². The summed E-state index contributed by atoms with van der Waals surface area (Å²) in [6, 6.07) is 13.2. The summed E-state index contributed by atoms with van der Waals surface area (Å²) >= 11 is 7.66. The second-order valence-electron chi connectivity index (χ2n) is 7.80. The fourth-order valence-electron chi connectivity index (χ4n) is 3.36. The van der Waals surface area contributed by atoms with Gasteiger partial charge >= 0.3 is 0 Å². The number of carbonyl (C=O) groups excluding carboxylic acids is 1. The number of benzene rings is 2. The maximum atomic E-state index is 13.7. The van der Waals surface area contributed by atoms with Crippen LogP contribution in [0.4, 0.5) is 5.13 Å². The summed E-state index contributed by atoms with van der Waals surface area (Å²) in [4.78, 5) is 24.1. The SMILES string of the molecule is COc1ccc(Cl)c2sc(N(Cc3cccnc3)C(=O)c3cccc(S(=O)(=O)C(C)C)c3)nc12. The van der Waals surface area contributed by atoms with Gasteiger partial charge in [0, 0.05) is 18.0 Å². The molecule has 0 bridgehead atoms. The van der Waals surface area contributed by atoms with Crippen LogP contribution in [-0.2, 0) is 16.4 Å². The molecule has 0 aliphatic heterocycles. The molecule has 0 atom stereocenters. The van der Waals surface area contributed by atoms with E-state index in [1.54, 1.807) is 63.7 Å². The molecular formula is C24H22ClN3O4S2. The molecule has 34 heavy (non-hydrogen) atoms. The molecule has 0 unspecified atom stereocenters. The Bertz CT molecular complexity index is 1450. The Balaban J connectivity index is 1.83. The lowest BCUT2D eigenvalue weighted by Gasteiger charge is -2.20. The number of sulfone groups is 1. The summed E-state index contributed by atoms with van der Waals surface area (Å²) in [7, 11) is -2.00. The van der Waals surface area contributed by atoms with Gasteiger partial charge in [-0.05, 0) is 55.8 Å². The van der Waals surface area contributed by atoms with Crippen LogP contribution < -0.4 is 9.64 Å². The first-order chi connectivity index (χ1) is 16.2. The number of fused-ring (bicyclic) bond motifs is 1. The number of pyridine rings is 1. The van der Waals surface area contributed by atoms with Gasteiger partial charge in [0.1, 0.15) is 11.3 Å². The number of rotatable bonds is 7. The molecule has 4 rings (SSSR count). The van der Waals surface area contributed by atoms with E-state index in [1.165, 1.54) is 28.4 Å². The zero-order valence-corrected chi connectivity index (χ0v) is 21.1. The fourth-order valence-corrected chi connectivity index (χ4v) is 5.71. The van der Waals surface area contributed by atoms with Crippen LogP contribution in [0.3, 0.4) is 0 Å². The van der Waals surface area contributed by atoms with E-state index >= 15 is 0 Å². The average Bonchev–Trinajstić information content (AvgIpc) is 3.29.